The minimum Gasteiger partial charge on any atom is -0.396 e. The first-order chi connectivity index (χ1) is 9.08. The van der Waals surface area contributed by atoms with Gasteiger partial charge in [0.25, 0.3) is 0 Å². The van der Waals surface area contributed by atoms with Crippen molar-refractivity contribution in [2.45, 2.75) is 31.6 Å². The molecule has 19 heavy (non-hydrogen) atoms. The lowest BCUT2D eigenvalue weighted by molar-refractivity contribution is -0.130. The van der Waals surface area contributed by atoms with E-state index in [1.54, 1.807) is 23.9 Å². The number of benzene rings is 1. The highest BCUT2D eigenvalue weighted by Gasteiger charge is 2.08. The number of amides is 1. The van der Waals surface area contributed by atoms with Gasteiger partial charge in [0.15, 0.2) is 0 Å². The average molecular weight is 284 g/mol. The fourth-order valence-electron chi connectivity index (χ4n) is 1.75. The maximum atomic E-state index is 13.2. The lowest BCUT2D eigenvalue weighted by Gasteiger charge is -2.18. The SMILES string of the molecule is CCN(CC)C(=O)CCCSc1ccc(N)c(F)c1. The first-order valence-corrected chi connectivity index (χ1v) is 7.52. The van der Waals surface area contributed by atoms with E-state index in [9.17, 15) is 9.18 Å². The highest BCUT2D eigenvalue weighted by atomic mass is 32.2. The van der Waals surface area contributed by atoms with Crippen molar-refractivity contribution < 1.29 is 9.18 Å². The van der Waals surface area contributed by atoms with Crippen LogP contribution in [0.15, 0.2) is 23.1 Å². The number of hydrogen-bond acceptors (Lipinski definition) is 3. The highest BCUT2D eigenvalue weighted by molar-refractivity contribution is 7.99. The molecule has 2 N–H and O–H groups in total. The molecule has 0 heterocycles. The number of nitrogens with zero attached hydrogens (tertiary/aromatic N) is 1. The van der Waals surface area contributed by atoms with E-state index in [1.807, 2.05) is 18.7 Å². The summed E-state index contributed by atoms with van der Waals surface area (Å²) < 4.78 is 13.2. The number of halogens is 1. The molecule has 1 aromatic carbocycles. The number of carbonyl (C=O) groups is 1. The fourth-order valence-corrected chi connectivity index (χ4v) is 2.62. The molecule has 0 aliphatic rings. The van der Waals surface area contributed by atoms with E-state index in [1.165, 1.54) is 6.07 Å². The first-order valence-electron chi connectivity index (χ1n) is 6.54. The van der Waals surface area contributed by atoms with Crippen LogP contribution in [0.4, 0.5) is 10.1 Å². The van der Waals surface area contributed by atoms with Crippen molar-refractivity contribution in [3.05, 3.63) is 24.0 Å². The van der Waals surface area contributed by atoms with Gasteiger partial charge in [-0.2, -0.15) is 0 Å². The smallest absolute Gasteiger partial charge is 0.222 e. The van der Waals surface area contributed by atoms with Crippen molar-refractivity contribution in [3.8, 4) is 0 Å². The summed E-state index contributed by atoms with van der Waals surface area (Å²) in [6, 6.07) is 4.81. The zero-order valence-electron chi connectivity index (χ0n) is 11.5. The third kappa shape index (κ3) is 5.11. The second kappa shape index (κ2) is 8.04. The van der Waals surface area contributed by atoms with Gasteiger partial charge >= 0.3 is 0 Å². The number of hydrogen-bond donors (Lipinski definition) is 1. The van der Waals surface area contributed by atoms with E-state index in [2.05, 4.69) is 0 Å². The van der Waals surface area contributed by atoms with Gasteiger partial charge in [0.05, 0.1) is 5.69 Å². The van der Waals surface area contributed by atoms with Gasteiger partial charge in [0, 0.05) is 24.4 Å². The topological polar surface area (TPSA) is 46.3 Å². The Morgan fingerprint density at radius 2 is 2.05 bits per heavy atom. The Morgan fingerprint density at radius 1 is 1.37 bits per heavy atom. The summed E-state index contributed by atoms with van der Waals surface area (Å²) in [6.45, 7) is 5.47. The molecule has 0 atom stereocenters. The van der Waals surface area contributed by atoms with Crippen LogP contribution in [-0.4, -0.2) is 29.6 Å². The van der Waals surface area contributed by atoms with Crippen LogP contribution in [0.3, 0.4) is 0 Å². The number of carbonyl (C=O) groups excluding carboxylic acids is 1. The number of nitrogen functional groups attached to an aromatic ring is 1. The Bertz CT molecular complexity index is 422. The van der Waals surface area contributed by atoms with Crippen LogP contribution in [0, 0.1) is 5.82 Å². The minimum atomic E-state index is -0.385. The monoisotopic (exact) mass is 284 g/mol. The van der Waals surface area contributed by atoms with Crippen molar-refractivity contribution in [1.29, 1.82) is 0 Å². The Kier molecular flexibility index (Phi) is 6.70. The van der Waals surface area contributed by atoms with Gasteiger partial charge in [-0.25, -0.2) is 4.39 Å². The van der Waals surface area contributed by atoms with Crippen LogP contribution in [0.1, 0.15) is 26.7 Å². The summed E-state index contributed by atoms with van der Waals surface area (Å²) in [4.78, 5) is 14.4. The maximum absolute atomic E-state index is 13.2. The molecule has 0 fully saturated rings. The van der Waals surface area contributed by atoms with Crippen molar-refractivity contribution in [1.82, 2.24) is 4.90 Å². The lowest BCUT2D eigenvalue weighted by Crippen LogP contribution is -2.30. The van der Waals surface area contributed by atoms with Gasteiger partial charge < -0.3 is 10.6 Å². The highest BCUT2D eigenvalue weighted by Crippen LogP contribution is 2.22. The van der Waals surface area contributed by atoms with E-state index in [4.69, 9.17) is 5.73 Å². The van der Waals surface area contributed by atoms with E-state index < -0.39 is 0 Å². The maximum Gasteiger partial charge on any atom is 0.222 e. The van der Waals surface area contributed by atoms with Gasteiger partial charge in [-0.3, -0.25) is 4.79 Å². The molecular formula is C14H21FN2OS. The molecule has 106 valence electrons. The molecule has 0 saturated carbocycles. The molecule has 0 unspecified atom stereocenters. The molecular weight excluding hydrogens is 263 g/mol. The van der Waals surface area contributed by atoms with E-state index >= 15 is 0 Å². The number of thioether (sulfide) groups is 1. The molecule has 0 aliphatic heterocycles. The quantitative estimate of drug-likeness (QED) is 0.475. The molecule has 0 aliphatic carbocycles. The van der Waals surface area contributed by atoms with Crippen molar-refractivity contribution in [2.75, 3.05) is 24.6 Å². The third-order valence-corrected chi connectivity index (χ3v) is 3.97. The summed E-state index contributed by atoms with van der Waals surface area (Å²) in [6.07, 6.45) is 1.35. The largest absolute Gasteiger partial charge is 0.396 e. The van der Waals surface area contributed by atoms with Gasteiger partial charge in [-0.15, -0.1) is 11.8 Å². The lowest BCUT2D eigenvalue weighted by atomic mass is 10.3. The predicted octanol–water partition coefficient (Wildman–Crippen LogP) is 3.15. The Balaban J connectivity index is 2.31. The standard InChI is InChI=1S/C14H21FN2OS/c1-3-17(4-2)14(18)6-5-9-19-11-7-8-13(16)12(15)10-11/h7-8,10H,3-6,9,16H2,1-2H3. The Hall–Kier alpha value is -1.23. The normalized spacial score (nSPS) is 10.5. The molecule has 3 nitrogen and oxygen atoms in total. The predicted molar refractivity (Wildman–Crippen MR) is 78.7 cm³/mol. The van der Waals surface area contributed by atoms with Crippen LogP contribution in [-0.2, 0) is 4.79 Å². The van der Waals surface area contributed by atoms with Gasteiger partial charge in [0.1, 0.15) is 5.82 Å². The number of nitrogens with two attached hydrogens (primary N) is 1. The van der Waals surface area contributed by atoms with Gasteiger partial charge in [-0.05, 0) is 44.2 Å². The van der Waals surface area contributed by atoms with Crippen LogP contribution in [0.2, 0.25) is 0 Å². The van der Waals surface area contributed by atoms with Crippen LogP contribution < -0.4 is 5.73 Å². The number of anilines is 1. The molecule has 1 aromatic rings. The summed E-state index contributed by atoms with van der Waals surface area (Å²) in [5.74, 6) is 0.606. The molecule has 5 heteroatoms. The third-order valence-electron chi connectivity index (χ3n) is 2.89. The Labute approximate surface area is 118 Å². The average Bonchev–Trinajstić information content (AvgIpc) is 2.40. The molecule has 0 spiro atoms. The summed E-state index contributed by atoms with van der Waals surface area (Å²) in [5, 5.41) is 0. The second-order valence-corrected chi connectivity index (χ2v) is 5.37. The van der Waals surface area contributed by atoms with Gasteiger partial charge in [-0.1, -0.05) is 0 Å². The summed E-state index contributed by atoms with van der Waals surface area (Å²) in [7, 11) is 0. The second-order valence-electron chi connectivity index (χ2n) is 4.20. The van der Waals surface area contributed by atoms with E-state index in [-0.39, 0.29) is 17.4 Å². The van der Waals surface area contributed by atoms with Crippen molar-refractivity contribution >= 4 is 23.4 Å². The Morgan fingerprint density at radius 3 is 2.63 bits per heavy atom. The van der Waals surface area contributed by atoms with Gasteiger partial charge in [0.2, 0.25) is 5.91 Å². The van der Waals surface area contributed by atoms with Crippen molar-refractivity contribution in [2.24, 2.45) is 0 Å². The van der Waals surface area contributed by atoms with E-state index in [0.29, 0.717) is 6.42 Å². The van der Waals surface area contributed by atoms with Crippen LogP contribution in [0.5, 0.6) is 0 Å². The van der Waals surface area contributed by atoms with Crippen LogP contribution >= 0.6 is 11.8 Å². The molecule has 1 rings (SSSR count). The first kappa shape index (κ1) is 15.8. The number of rotatable bonds is 7. The summed E-state index contributed by atoms with van der Waals surface area (Å²) >= 11 is 1.55. The molecule has 0 bridgehead atoms. The molecule has 0 radical (unpaired) electrons. The molecule has 1 amide bonds. The van der Waals surface area contributed by atoms with E-state index in [0.717, 1.165) is 30.2 Å². The summed E-state index contributed by atoms with van der Waals surface area (Å²) in [5.41, 5.74) is 5.58. The minimum absolute atomic E-state index is 0.168. The zero-order chi connectivity index (χ0) is 14.3. The molecule has 0 saturated heterocycles. The zero-order valence-corrected chi connectivity index (χ0v) is 12.3. The van der Waals surface area contributed by atoms with Crippen LogP contribution in [0.25, 0.3) is 0 Å². The molecule has 0 aromatic heterocycles. The van der Waals surface area contributed by atoms with Crippen molar-refractivity contribution in [3.63, 3.8) is 0 Å². The fraction of sp³-hybridized carbons (Fsp3) is 0.500.